The van der Waals surface area contributed by atoms with Gasteiger partial charge in [0.2, 0.25) is 0 Å². The van der Waals surface area contributed by atoms with Crippen molar-refractivity contribution in [3.05, 3.63) is 0 Å². The molecule has 4 nitrogen and oxygen atoms in total. The monoisotopic (exact) mass is 176 g/mol. The van der Waals surface area contributed by atoms with Crippen LogP contribution in [0.15, 0.2) is 0 Å². The van der Waals surface area contributed by atoms with Crippen molar-refractivity contribution in [1.29, 1.82) is 0 Å². The molecule has 0 aliphatic carbocycles. The van der Waals surface area contributed by atoms with Gasteiger partial charge in [0, 0.05) is 7.11 Å². The Hall–Kier alpha value is -0.160. The van der Waals surface area contributed by atoms with Crippen LogP contribution in [-0.4, -0.2) is 36.5 Å². The van der Waals surface area contributed by atoms with Gasteiger partial charge in [0.1, 0.15) is 6.10 Å². The Morgan fingerprint density at radius 3 is 2.50 bits per heavy atom. The van der Waals surface area contributed by atoms with Crippen molar-refractivity contribution < 1.29 is 19.3 Å². The third-order valence-corrected chi connectivity index (χ3v) is 2.02. The van der Waals surface area contributed by atoms with E-state index < -0.39 is 17.7 Å². The molecule has 1 fully saturated rings. The highest BCUT2D eigenvalue weighted by Gasteiger charge is 2.43. The van der Waals surface area contributed by atoms with Crippen LogP contribution < -0.4 is 0 Å². The minimum absolute atomic E-state index is 0.355. The van der Waals surface area contributed by atoms with Crippen LogP contribution in [0.1, 0.15) is 20.8 Å². The van der Waals surface area contributed by atoms with Crippen molar-refractivity contribution in [3.63, 3.8) is 0 Å². The molecule has 1 heterocycles. The zero-order valence-electron chi connectivity index (χ0n) is 7.96. The fourth-order valence-electron chi connectivity index (χ4n) is 1.08. The second-order valence-corrected chi connectivity index (χ2v) is 3.58. The molecule has 0 aromatic carbocycles. The molecule has 1 rings (SSSR count). The molecule has 0 aromatic heterocycles. The molecule has 2 unspecified atom stereocenters. The summed E-state index contributed by atoms with van der Waals surface area (Å²) >= 11 is 0. The molecule has 12 heavy (non-hydrogen) atoms. The van der Waals surface area contributed by atoms with Crippen LogP contribution in [0.3, 0.4) is 0 Å². The van der Waals surface area contributed by atoms with E-state index in [0.717, 1.165) is 0 Å². The first kappa shape index (κ1) is 9.92. The van der Waals surface area contributed by atoms with Crippen LogP contribution in [0.25, 0.3) is 0 Å². The Labute approximate surface area is 72.4 Å². The molecule has 0 bridgehead atoms. The van der Waals surface area contributed by atoms with Gasteiger partial charge in [0.05, 0.1) is 6.61 Å². The maximum absolute atomic E-state index is 9.63. The third-order valence-electron chi connectivity index (χ3n) is 2.02. The summed E-state index contributed by atoms with van der Waals surface area (Å²) < 4.78 is 15.6. The Balaban J connectivity index is 2.58. The largest absolute Gasteiger partial charge is 0.364 e. The lowest BCUT2D eigenvalue weighted by Gasteiger charge is -2.27. The van der Waals surface area contributed by atoms with Gasteiger partial charge in [-0.3, -0.25) is 0 Å². The Morgan fingerprint density at radius 1 is 1.58 bits per heavy atom. The first-order valence-electron chi connectivity index (χ1n) is 3.97. The second kappa shape index (κ2) is 2.96. The summed E-state index contributed by atoms with van der Waals surface area (Å²) in [5.41, 5.74) is 0. The molecular formula is C8H16O4. The standard InChI is InChI=1S/C8H16O4/c1-7(2)11-5-6(12-7)8(3,9)10-4/h6,9H,5H2,1-4H3. The SMILES string of the molecule is COC(C)(O)C1COC(C)(C)O1. The van der Waals surface area contributed by atoms with Crippen LogP contribution in [0.5, 0.6) is 0 Å². The van der Waals surface area contributed by atoms with Gasteiger partial charge < -0.3 is 19.3 Å². The molecular weight excluding hydrogens is 160 g/mol. The molecule has 1 saturated heterocycles. The van der Waals surface area contributed by atoms with Crippen molar-refractivity contribution in [2.45, 2.75) is 38.4 Å². The molecule has 0 aromatic rings. The lowest BCUT2D eigenvalue weighted by atomic mass is 10.2. The van der Waals surface area contributed by atoms with Crippen LogP contribution in [0.4, 0.5) is 0 Å². The zero-order valence-corrected chi connectivity index (χ0v) is 7.96. The van der Waals surface area contributed by atoms with E-state index in [-0.39, 0.29) is 0 Å². The number of rotatable bonds is 2. The van der Waals surface area contributed by atoms with Gasteiger partial charge in [-0.15, -0.1) is 0 Å². The Kier molecular flexibility index (Phi) is 2.45. The summed E-state index contributed by atoms with van der Waals surface area (Å²) in [6.07, 6.45) is -0.419. The average Bonchev–Trinajstić information content (AvgIpc) is 2.31. The minimum atomic E-state index is -1.27. The molecule has 0 spiro atoms. The second-order valence-electron chi connectivity index (χ2n) is 3.58. The maximum Gasteiger partial charge on any atom is 0.191 e. The molecule has 1 N–H and O–H groups in total. The van der Waals surface area contributed by atoms with Gasteiger partial charge in [-0.25, -0.2) is 0 Å². The van der Waals surface area contributed by atoms with Crippen molar-refractivity contribution in [2.75, 3.05) is 13.7 Å². The first-order valence-corrected chi connectivity index (χ1v) is 3.97. The fraction of sp³-hybridized carbons (Fsp3) is 1.00. The van der Waals surface area contributed by atoms with Crippen LogP contribution >= 0.6 is 0 Å². The molecule has 0 saturated carbocycles. The minimum Gasteiger partial charge on any atom is -0.364 e. The number of methoxy groups -OCH3 is 1. The number of hydrogen-bond donors (Lipinski definition) is 1. The smallest absolute Gasteiger partial charge is 0.191 e. The highest BCUT2D eigenvalue weighted by Crippen LogP contribution is 2.28. The van der Waals surface area contributed by atoms with E-state index in [4.69, 9.17) is 14.2 Å². The summed E-state index contributed by atoms with van der Waals surface area (Å²) in [7, 11) is 1.44. The van der Waals surface area contributed by atoms with Gasteiger partial charge in [-0.1, -0.05) is 0 Å². The molecule has 1 aliphatic rings. The predicted molar refractivity (Wildman–Crippen MR) is 42.5 cm³/mol. The average molecular weight is 176 g/mol. The van der Waals surface area contributed by atoms with Crippen molar-refractivity contribution in [3.8, 4) is 0 Å². The Morgan fingerprint density at radius 2 is 2.17 bits per heavy atom. The van der Waals surface area contributed by atoms with Crippen molar-refractivity contribution >= 4 is 0 Å². The van der Waals surface area contributed by atoms with E-state index in [9.17, 15) is 5.11 Å². The highest BCUT2D eigenvalue weighted by molar-refractivity contribution is 4.80. The van der Waals surface area contributed by atoms with Gasteiger partial charge in [0.15, 0.2) is 11.6 Å². The lowest BCUT2D eigenvalue weighted by Crippen LogP contribution is -2.43. The Bertz CT molecular complexity index is 164. The van der Waals surface area contributed by atoms with Crippen LogP contribution in [-0.2, 0) is 14.2 Å². The van der Waals surface area contributed by atoms with E-state index in [2.05, 4.69) is 0 Å². The summed E-state index contributed by atoms with van der Waals surface area (Å²) in [4.78, 5) is 0. The van der Waals surface area contributed by atoms with Crippen molar-refractivity contribution in [2.24, 2.45) is 0 Å². The normalized spacial score (nSPS) is 33.2. The molecule has 0 radical (unpaired) electrons. The topological polar surface area (TPSA) is 47.9 Å². The van der Waals surface area contributed by atoms with E-state index in [1.165, 1.54) is 7.11 Å². The summed E-state index contributed by atoms with van der Waals surface area (Å²) in [6.45, 7) is 5.52. The van der Waals surface area contributed by atoms with E-state index in [1.807, 2.05) is 0 Å². The van der Waals surface area contributed by atoms with E-state index >= 15 is 0 Å². The van der Waals surface area contributed by atoms with Gasteiger partial charge >= 0.3 is 0 Å². The van der Waals surface area contributed by atoms with Crippen molar-refractivity contribution in [1.82, 2.24) is 0 Å². The predicted octanol–water partition coefficient (Wildman–Crippen LogP) is 0.493. The van der Waals surface area contributed by atoms with Gasteiger partial charge in [-0.05, 0) is 20.8 Å². The molecule has 0 amide bonds. The summed E-state index contributed by atoms with van der Waals surface area (Å²) in [5.74, 6) is -1.89. The molecule has 2 atom stereocenters. The fourth-order valence-corrected chi connectivity index (χ4v) is 1.08. The summed E-state index contributed by atoms with van der Waals surface area (Å²) in [5, 5.41) is 9.63. The van der Waals surface area contributed by atoms with Crippen LogP contribution in [0, 0.1) is 0 Å². The van der Waals surface area contributed by atoms with Gasteiger partial charge in [0.25, 0.3) is 0 Å². The molecule has 4 heteroatoms. The first-order chi connectivity index (χ1) is 5.37. The highest BCUT2D eigenvalue weighted by atomic mass is 16.8. The van der Waals surface area contributed by atoms with Gasteiger partial charge in [-0.2, -0.15) is 0 Å². The van der Waals surface area contributed by atoms with E-state index in [1.54, 1.807) is 20.8 Å². The number of aliphatic hydroxyl groups is 1. The van der Waals surface area contributed by atoms with E-state index in [0.29, 0.717) is 6.61 Å². The zero-order chi connectivity index (χ0) is 9.41. The molecule has 72 valence electrons. The third kappa shape index (κ3) is 1.95. The molecule has 1 aliphatic heterocycles. The number of hydrogen-bond acceptors (Lipinski definition) is 4. The van der Waals surface area contributed by atoms with Crippen LogP contribution in [0.2, 0.25) is 0 Å². The number of ether oxygens (including phenoxy) is 3. The summed E-state index contributed by atoms with van der Waals surface area (Å²) in [6, 6.07) is 0. The quantitative estimate of drug-likeness (QED) is 0.622. The maximum atomic E-state index is 9.63. The lowest BCUT2D eigenvalue weighted by molar-refractivity contribution is -0.250.